The molecule has 1 heterocycles. The first-order valence-electron chi connectivity index (χ1n) is 6.32. The van der Waals surface area contributed by atoms with Crippen molar-refractivity contribution < 1.29 is 9.47 Å². The van der Waals surface area contributed by atoms with Crippen LogP contribution in [-0.4, -0.2) is 23.7 Å². The Morgan fingerprint density at radius 3 is 2.89 bits per heavy atom. The summed E-state index contributed by atoms with van der Waals surface area (Å²) in [6.45, 7) is 3.97. The molecule has 0 spiro atoms. The second-order valence-electron chi connectivity index (χ2n) is 4.02. The molecule has 0 saturated carbocycles. The molecule has 19 heavy (non-hydrogen) atoms. The van der Waals surface area contributed by atoms with E-state index in [0.29, 0.717) is 19.7 Å². The first-order chi connectivity index (χ1) is 9.35. The average molecular weight is 261 g/mol. The van der Waals surface area contributed by atoms with Gasteiger partial charge in [-0.05, 0) is 13.0 Å². The summed E-state index contributed by atoms with van der Waals surface area (Å²) in [5.74, 6) is 2.48. The molecule has 5 heteroatoms. The van der Waals surface area contributed by atoms with Gasteiger partial charge >= 0.3 is 0 Å². The Kier molecular flexibility index (Phi) is 4.80. The minimum absolute atomic E-state index is 0.625. The maximum atomic E-state index is 5.55. The third-order valence-electron chi connectivity index (χ3n) is 2.73. The largest absolute Gasteiger partial charge is 0.493 e. The minimum Gasteiger partial charge on any atom is -0.493 e. The molecule has 0 bridgehead atoms. The lowest BCUT2D eigenvalue weighted by atomic mass is 10.2. The van der Waals surface area contributed by atoms with E-state index in [9.17, 15) is 0 Å². The van der Waals surface area contributed by atoms with Gasteiger partial charge < -0.3 is 19.8 Å². The van der Waals surface area contributed by atoms with Gasteiger partial charge in [-0.2, -0.15) is 0 Å². The van der Waals surface area contributed by atoms with Crippen LogP contribution >= 0.6 is 0 Å². The molecule has 0 amide bonds. The zero-order valence-electron chi connectivity index (χ0n) is 11.3. The Hall–Kier alpha value is -2.01. The van der Waals surface area contributed by atoms with Gasteiger partial charge in [0.15, 0.2) is 11.5 Å². The molecule has 2 aromatic rings. The maximum absolute atomic E-state index is 5.55. The number of aromatic nitrogens is 2. The van der Waals surface area contributed by atoms with Crippen molar-refractivity contribution in [2.24, 2.45) is 0 Å². The predicted molar refractivity (Wildman–Crippen MR) is 73.3 cm³/mol. The molecule has 0 atom stereocenters. The summed E-state index contributed by atoms with van der Waals surface area (Å²) < 4.78 is 11.0. The third-order valence-corrected chi connectivity index (χ3v) is 2.73. The third kappa shape index (κ3) is 3.48. The number of imidazole rings is 1. The summed E-state index contributed by atoms with van der Waals surface area (Å²) in [6, 6.07) is 5.91. The van der Waals surface area contributed by atoms with E-state index in [2.05, 4.69) is 15.3 Å². The predicted octanol–water partition coefficient (Wildman–Crippen LogP) is 2.11. The summed E-state index contributed by atoms with van der Waals surface area (Å²) in [5, 5.41) is 3.32. The second-order valence-corrected chi connectivity index (χ2v) is 4.02. The quantitative estimate of drug-likeness (QED) is 0.801. The van der Waals surface area contributed by atoms with E-state index in [1.807, 2.05) is 31.3 Å². The first-order valence-corrected chi connectivity index (χ1v) is 6.32. The number of hydrogen-bond donors (Lipinski definition) is 2. The minimum atomic E-state index is 0.625. The highest BCUT2D eigenvalue weighted by Crippen LogP contribution is 2.30. The SMILES string of the molecule is CCOc1cccc(CNCc2ncc[nH]2)c1OC. The van der Waals surface area contributed by atoms with E-state index < -0.39 is 0 Å². The van der Waals surface area contributed by atoms with Crippen LogP contribution in [0.25, 0.3) is 0 Å². The van der Waals surface area contributed by atoms with Gasteiger partial charge in [0, 0.05) is 24.5 Å². The zero-order valence-corrected chi connectivity index (χ0v) is 11.3. The van der Waals surface area contributed by atoms with Crippen LogP contribution in [0.15, 0.2) is 30.6 Å². The lowest BCUT2D eigenvalue weighted by molar-refractivity contribution is 0.308. The molecule has 2 rings (SSSR count). The zero-order chi connectivity index (χ0) is 13.5. The molecule has 0 radical (unpaired) electrons. The number of nitrogens with one attached hydrogen (secondary N) is 2. The molecule has 0 aliphatic heterocycles. The Balaban J connectivity index is 2.00. The normalized spacial score (nSPS) is 10.4. The van der Waals surface area contributed by atoms with Crippen LogP contribution in [0, 0.1) is 0 Å². The van der Waals surface area contributed by atoms with Crippen molar-refractivity contribution in [3.63, 3.8) is 0 Å². The highest BCUT2D eigenvalue weighted by Gasteiger charge is 2.09. The Morgan fingerprint density at radius 2 is 2.21 bits per heavy atom. The second kappa shape index (κ2) is 6.80. The van der Waals surface area contributed by atoms with Crippen LogP contribution in [0.2, 0.25) is 0 Å². The highest BCUT2D eigenvalue weighted by atomic mass is 16.5. The highest BCUT2D eigenvalue weighted by molar-refractivity contribution is 5.46. The monoisotopic (exact) mass is 261 g/mol. The summed E-state index contributed by atoms with van der Waals surface area (Å²) in [4.78, 5) is 7.22. The Morgan fingerprint density at radius 1 is 1.32 bits per heavy atom. The van der Waals surface area contributed by atoms with Crippen LogP contribution in [0.3, 0.4) is 0 Å². The molecule has 1 aromatic carbocycles. The van der Waals surface area contributed by atoms with Crippen LogP contribution in [-0.2, 0) is 13.1 Å². The van der Waals surface area contributed by atoms with Crippen molar-refractivity contribution in [2.45, 2.75) is 20.0 Å². The van der Waals surface area contributed by atoms with Gasteiger partial charge in [-0.25, -0.2) is 4.98 Å². The fraction of sp³-hybridized carbons (Fsp3) is 0.357. The lowest BCUT2D eigenvalue weighted by Crippen LogP contribution is -2.14. The number of hydrogen-bond acceptors (Lipinski definition) is 4. The van der Waals surface area contributed by atoms with Crippen molar-refractivity contribution in [3.8, 4) is 11.5 Å². The van der Waals surface area contributed by atoms with Crippen molar-refractivity contribution in [1.29, 1.82) is 0 Å². The molecular formula is C14H19N3O2. The van der Waals surface area contributed by atoms with Crippen LogP contribution < -0.4 is 14.8 Å². The van der Waals surface area contributed by atoms with Gasteiger partial charge in [0.2, 0.25) is 0 Å². The summed E-state index contributed by atoms with van der Waals surface area (Å²) in [5.41, 5.74) is 1.07. The molecule has 102 valence electrons. The van der Waals surface area contributed by atoms with Crippen LogP contribution in [0.5, 0.6) is 11.5 Å². The topological polar surface area (TPSA) is 59.2 Å². The fourth-order valence-electron chi connectivity index (χ4n) is 1.91. The van der Waals surface area contributed by atoms with E-state index in [0.717, 1.165) is 22.9 Å². The summed E-state index contributed by atoms with van der Waals surface area (Å²) in [7, 11) is 1.66. The molecule has 0 unspecified atom stereocenters. The van der Waals surface area contributed by atoms with Gasteiger partial charge in [-0.3, -0.25) is 0 Å². The Bertz CT molecular complexity index is 497. The summed E-state index contributed by atoms with van der Waals surface area (Å²) in [6.07, 6.45) is 3.56. The summed E-state index contributed by atoms with van der Waals surface area (Å²) >= 11 is 0. The number of ether oxygens (including phenoxy) is 2. The van der Waals surface area contributed by atoms with E-state index in [4.69, 9.17) is 9.47 Å². The average Bonchev–Trinajstić information content (AvgIpc) is 2.93. The standard InChI is InChI=1S/C14H19N3O2/c1-3-19-12-6-4-5-11(14(12)18-2)9-15-10-13-16-7-8-17-13/h4-8,15H,3,9-10H2,1-2H3,(H,16,17). The van der Waals surface area contributed by atoms with E-state index in [1.54, 1.807) is 13.3 Å². The Labute approximate surface area is 113 Å². The first kappa shape index (κ1) is 13.4. The van der Waals surface area contributed by atoms with Gasteiger partial charge in [0.25, 0.3) is 0 Å². The van der Waals surface area contributed by atoms with E-state index in [-0.39, 0.29) is 0 Å². The van der Waals surface area contributed by atoms with Crippen molar-refractivity contribution in [1.82, 2.24) is 15.3 Å². The molecule has 0 fully saturated rings. The van der Waals surface area contributed by atoms with Gasteiger partial charge in [0.1, 0.15) is 5.82 Å². The van der Waals surface area contributed by atoms with Gasteiger partial charge in [-0.1, -0.05) is 12.1 Å². The number of benzene rings is 1. The smallest absolute Gasteiger partial charge is 0.165 e. The van der Waals surface area contributed by atoms with Crippen molar-refractivity contribution in [2.75, 3.05) is 13.7 Å². The van der Waals surface area contributed by atoms with E-state index >= 15 is 0 Å². The molecule has 0 aliphatic carbocycles. The molecule has 0 saturated heterocycles. The number of methoxy groups -OCH3 is 1. The maximum Gasteiger partial charge on any atom is 0.165 e. The number of para-hydroxylation sites is 1. The van der Waals surface area contributed by atoms with Crippen LogP contribution in [0.1, 0.15) is 18.3 Å². The lowest BCUT2D eigenvalue weighted by Gasteiger charge is -2.13. The molecule has 2 N–H and O–H groups in total. The van der Waals surface area contributed by atoms with E-state index in [1.165, 1.54) is 0 Å². The van der Waals surface area contributed by atoms with Crippen molar-refractivity contribution in [3.05, 3.63) is 42.0 Å². The van der Waals surface area contributed by atoms with Gasteiger partial charge in [0.05, 0.1) is 20.3 Å². The van der Waals surface area contributed by atoms with Crippen molar-refractivity contribution >= 4 is 0 Å². The van der Waals surface area contributed by atoms with Crippen LogP contribution in [0.4, 0.5) is 0 Å². The molecular weight excluding hydrogens is 242 g/mol. The number of rotatable bonds is 7. The number of aromatic amines is 1. The molecule has 5 nitrogen and oxygen atoms in total. The molecule has 1 aromatic heterocycles. The molecule has 0 aliphatic rings. The van der Waals surface area contributed by atoms with Gasteiger partial charge in [-0.15, -0.1) is 0 Å². The fourth-order valence-corrected chi connectivity index (χ4v) is 1.91. The number of H-pyrrole nitrogens is 1. The number of nitrogens with zero attached hydrogens (tertiary/aromatic N) is 1.